The lowest BCUT2D eigenvalue weighted by Gasteiger charge is -2.17. The van der Waals surface area contributed by atoms with Gasteiger partial charge in [0.2, 0.25) is 5.91 Å². The highest BCUT2D eigenvalue weighted by Crippen LogP contribution is 2.22. The van der Waals surface area contributed by atoms with Crippen molar-refractivity contribution >= 4 is 23.2 Å². The number of nitrogens with one attached hydrogen (secondary N) is 2. The molecule has 0 bridgehead atoms. The van der Waals surface area contributed by atoms with Gasteiger partial charge in [-0.05, 0) is 48.4 Å². The van der Waals surface area contributed by atoms with Gasteiger partial charge >= 0.3 is 0 Å². The summed E-state index contributed by atoms with van der Waals surface area (Å²) in [4.78, 5) is 12.3. The molecule has 0 saturated carbocycles. The van der Waals surface area contributed by atoms with Gasteiger partial charge < -0.3 is 9.73 Å². The molecule has 0 radical (unpaired) electrons. The van der Waals surface area contributed by atoms with Gasteiger partial charge in [0.15, 0.2) is 0 Å². The van der Waals surface area contributed by atoms with Crippen LogP contribution in [0.1, 0.15) is 22.9 Å². The molecule has 128 valence electrons. The quantitative estimate of drug-likeness (QED) is 0.682. The summed E-state index contributed by atoms with van der Waals surface area (Å²) < 4.78 is 5.52. The summed E-state index contributed by atoms with van der Waals surface area (Å²) in [5, 5.41) is 6.80. The van der Waals surface area contributed by atoms with E-state index in [4.69, 9.17) is 16.0 Å². The van der Waals surface area contributed by atoms with E-state index in [2.05, 4.69) is 10.6 Å². The van der Waals surface area contributed by atoms with Crippen molar-refractivity contribution in [3.8, 4) is 0 Å². The first-order valence-corrected chi connectivity index (χ1v) is 8.39. The fourth-order valence-corrected chi connectivity index (χ4v) is 2.87. The lowest BCUT2D eigenvalue weighted by atomic mass is 10.0. The van der Waals surface area contributed by atoms with Gasteiger partial charge in [0.25, 0.3) is 0 Å². The fraction of sp³-hybridized carbons (Fsp3) is 0.150. The number of aryl methyl sites for hydroxylation is 1. The Labute approximate surface area is 151 Å². The standard InChI is InChI=1S/C20H19ClN2O2/c1-14-12-16(21)9-10-17(14)23-19(24)13-22-20(18-8-5-11-25-18)15-6-3-2-4-7-15/h2-12,20,22H,13H2,1H3,(H,23,24)/t20-/m1/s1. The Balaban J connectivity index is 1.68. The molecule has 2 aromatic carbocycles. The number of anilines is 1. The van der Waals surface area contributed by atoms with E-state index in [1.54, 1.807) is 18.4 Å². The van der Waals surface area contributed by atoms with E-state index in [9.17, 15) is 4.79 Å². The molecule has 4 nitrogen and oxygen atoms in total. The molecule has 0 unspecified atom stereocenters. The number of hydrogen-bond donors (Lipinski definition) is 2. The van der Waals surface area contributed by atoms with Crippen molar-refractivity contribution in [2.24, 2.45) is 0 Å². The van der Waals surface area contributed by atoms with Gasteiger partial charge in [-0.1, -0.05) is 41.9 Å². The van der Waals surface area contributed by atoms with Gasteiger partial charge in [-0.15, -0.1) is 0 Å². The van der Waals surface area contributed by atoms with E-state index in [1.807, 2.05) is 55.5 Å². The zero-order chi connectivity index (χ0) is 17.6. The Bertz CT molecular complexity index is 832. The van der Waals surface area contributed by atoms with Crippen molar-refractivity contribution in [3.05, 3.63) is 88.8 Å². The molecule has 0 aliphatic carbocycles. The second-order valence-corrected chi connectivity index (χ2v) is 6.18. The van der Waals surface area contributed by atoms with Gasteiger partial charge in [0, 0.05) is 10.7 Å². The number of amides is 1. The van der Waals surface area contributed by atoms with Crippen molar-refractivity contribution in [2.75, 3.05) is 11.9 Å². The molecule has 1 atom stereocenters. The number of halogens is 1. The first-order valence-electron chi connectivity index (χ1n) is 8.01. The zero-order valence-corrected chi connectivity index (χ0v) is 14.6. The summed E-state index contributed by atoms with van der Waals surface area (Å²) in [5.41, 5.74) is 2.71. The summed E-state index contributed by atoms with van der Waals surface area (Å²) >= 11 is 5.95. The molecule has 3 aromatic rings. The minimum Gasteiger partial charge on any atom is -0.467 e. The van der Waals surface area contributed by atoms with Crippen LogP contribution in [0.2, 0.25) is 5.02 Å². The second-order valence-electron chi connectivity index (χ2n) is 5.75. The third-order valence-corrected chi connectivity index (χ3v) is 4.12. The third kappa shape index (κ3) is 4.50. The van der Waals surface area contributed by atoms with Crippen molar-refractivity contribution in [1.29, 1.82) is 0 Å². The van der Waals surface area contributed by atoms with Gasteiger partial charge in [-0.2, -0.15) is 0 Å². The topological polar surface area (TPSA) is 54.3 Å². The van der Waals surface area contributed by atoms with Gasteiger partial charge in [-0.3, -0.25) is 10.1 Å². The molecule has 0 aliphatic heterocycles. The minimum absolute atomic E-state index is 0.127. The molecule has 1 amide bonds. The minimum atomic E-state index is -0.187. The molecule has 3 rings (SSSR count). The second kappa shape index (κ2) is 8.01. The monoisotopic (exact) mass is 354 g/mol. The lowest BCUT2D eigenvalue weighted by molar-refractivity contribution is -0.115. The number of benzene rings is 2. The van der Waals surface area contributed by atoms with E-state index in [0.29, 0.717) is 5.02 Å². The van der Waals surface area contributed by atoms with Crippen LogP contribution in [0.3, 0.4) is 0 Å². The highest BCUT2D eigenvalue weighted by atomic mass is 35.5. The van der Waals surface area contributed by atoms with Crippen molar-refractivity contribution < 1.29 is 9.21 Å². The Morgan fingerprint density at radius 3 is 2.60 bits per heavy atom. The van der Waals surface area contributed by atoms with Crippen LogP contribution in [-0.2, 0) is 4.79 Å². The number of rotatable bonds is 6. The summed E-state index contributed by atoms with van der Waals surface area (Å²) in [6.45, 7) is 2.06. The molecule has 1 heterocycles. The van der Waals surface area contributed by atoms with Crippen LogP contribution in [0.25, 0.3) is 0 Å². The maximum Gasteiger partial charge on any atom is 0.238 e. The van der Waals surface area contributed by atoms with Crippen molar-refractivity contribution in [2.45, 2.75) is 13.0 Å². The Hall–Kier alpha value is -2.56. The normalized spacial score (nSPS) is 11.9. The van der Waals surface area contributed by atoms with Gasteiger partial charge in [-0.25, -0.2) is 0 Å². The van der Waals surface area contributed by atoms with Crippen LogP contribution >= 0.6 is 11.6 Å². The SMILES string of the molecule is Cc1cc(Cl)ccc1NC(=O)CN[C@H](c1ccccc1)c1ccco1. The van der Waals surface area contributed by atoms with Crippen molar-refractivity contribution in [3.63, 3.8) is 0 Å². The summed E-state index contributed by atoms with van der Waals surface area (Å²) in [5.74, 6) is 0.639. The Morgan fingerprint density at radius 2 is 1.92 bits per heavy atom. The first kappa shape index (κ1) is 17.3. The number of hydrogen-bond acceptors (Lipinski definition) is 3. The van der Waals surface area contributed by atoms with E-state index in [-0.39, 0.29) is 18.5 Å². The number of carbonyl (C=O) groups is 1. The molecule has 0 fully saturated rings. The van der Waals surface area contributed by atoms with E-state index in [1.165, 1.54) is 0 Å². The summed E-state index contributed by atoms with van der Waals surface area (Å²) in [7, 11) is 0. The molecule has 1 aromatic heterocycles. The van der Waals surface area contributed by atoms with Crippen LogP contribution in [-0.4, -0.2) is 12.5 Å². The highest BCUT2D eigenvalue weighted by Gasteiger charge is 2.17. The van der Waals surface area contributed by atoms with Crippen molar-refractivity contribution in [1.82, 2.24) is 5.32 Å². The Morgan fingerprint density at radius 1 is 1.12 bits per heavy atom. The zero-order valence-electron chi connectivity index (χ0n) is 13.8. The lowest BCUT2D eigenvalue weighted by Crippen LogP contribution is -2.31. The maximum atomic E-state index is 12.3. The van der Waals surface area contributed by atoms with Crippen LogP contribution in [0.4, 0.5) is 5.69 Å². The molecule has 25 heavy (non-hydrogen) atoms. The van der Waals surface area contributed by atoms with Crippen LogP contribution in [0, 0.1) is 6.92 Å². The van der Waals surface area contributed by atoms with Crippen LogP contribution in [0.5, 0.6) is 0 Å². The Kier molecular flexibility index (Phi) is 5.53. The maximum absolute atomic E-state index is 12.3. The molecule has 0 spiro atoms. The molecule has 0 saturated heterocycles. The first-order chi connectivity index (χ1) is 12.1. The van der Waals surface area contributed by atoms with E-state index >= 15 is 0 Å². The summed E-state index contributed by atoms with van der Waals surface area (Å²) in [6.07, 6.45) is 1.63. The third-order valence-electron chi connectivity index (χ3n) is 3.89. The summed E-state index contributed by atoms with van der Waals surface area (Å²) in [6, 6.07) is 18.8. The molecule has 2 N–H and O–H groups in total. The molecular weight excluding hydrogens is 336 g/mol. The smallest absolute Gasteiger partial charge is 0.238 e. The van der Waals surface area contributed by atoms with Gasteiger partial charge in [0.05, 0.1) is 18.8 Å². The number of furan rings is 1. The predicted octanol–water partition coefficient (Wildman–Crippen LogP) is 4.56. The average molecular weight is 355 g/mol. The predicted molar refractivity (Wildman–Crippen MR) is 99.8 cm³/mol. The van der Waals surface area contributed by atoms with E-state index in [0.717, 1.165) is 22.6 Å². The van der Waals surface area contributed by atoms with Crippen LogP contribution < -0.4 is 10.6 Å². The number of carbonyl (C=O) groups excluding carboxylic acids is 1. The average Bonchev–Trinajstić information content (AvgIpc) is 3.13. The molecular formula is C20H19ClN2O2. The molecule has 5 heteroatoms. The van der Waals surface area contributed by atoms with E-state index < -0.39 is 0 Å². The largest absolute Gasteiger partial charge is 0.467 e. The highest BCUT2D eigenvalue weighted by molar-refractivity contribution is 6.30. The van der Waals surface area contributed by atoms with Gasteiger partial charge in [0.1, 0.15) is 5.76 Å². The molecule has 0 aliphatic rings. The van der Waals surface area contributed by atoms with Crippen LogP contribution in [0.15, 0.2) is 71.3 Å². The fourth-order valence-electron chi connectivity index (χ4n) is 2.64.